The van der Waals surface area contributed by atoms with Gasteiger partial charge in [-0.25, -0.2) is 0 Å². The van der Waals surface area contributed by atoms with Crippen molar-refractivity contribution in [3.8, 4) is 0 Å². The van der Waals surface area contributed by atoms with Crippen LogP contribution in [0.1, 0.15) is 33.0 Å². The van der Waals surface area contributed by atoms with Crippen molar-refractivity contribution in [3.63, 3.8) is 0 Å². The minimum atomic E-state index is -3.21. The first kappa shape index (κ1) is 20.8. The predicted octanol–water partition coefficient (Wildman–Crippen LogP) is 6.53. The van der Waals surface area contributed by atoms with E-state index >= 15 is 0 Å². The molecular weight excluding hydrogens is 424 g/mol. The van der Waals surface area contributed by atoms with E-state index in [-0.39, 0.29) is 11.5 Å². The molecule has 6 heteroatoms. The maximum Gasteiger partial charge on any atom is 0.292 e. The molecule has 1 aromatic heterocycles. The Kier molecular flexibility index (Phi) is 5.76. The normalized spacial score (nSPS) is 16.7. The average Bonchev–Trinajstić information content (AvgIpc) is 3.12. The standard InChI is InChI=1S/C24H20ClF2NOS/c1-16-7-5-6-10-18(16)20-14-28(15-21-19(20)13-22(25)30-21)23(29)11-12-24(26,27)17-8-3-2-4-9-17/h2-13,20H,14-15H2,1H3/b12-11+/t20-/m1/s1. The van der Waals surface area contributed by atoms with Gasteiger partial charge in [0.1, 0.15) is 0 Å². The molecule has 2 nitrogen and oxygen atoms in total. The second-order valence-electron chi connectivity index (χ2n) is 7.38. The van der Waals surface area contributed by atoms with Gasteiger partial charge in [0.05, 0.1) is 10.9 Å². The minimum Gasteiger partial charge on any atom is -0.333 e. The molecule has 30 heavy (non-hydrogen) atoms. The predicted molar refractivity (Wildman–Crippen MR) is 117 cm³/mol. The largest absolute Gasteiger partial charge is 0.333 e. The van der Waals surface area contributed by atoms with E-state index in [0.717, 1.165) is 27.6 Å². The first-order valence-electron chi connectivity index (χ1n) is 9.60. The number of carbonyl (C=O) groups is 1. The van der Waals surface area contributed by atoms with E-state index in [1.54, 1.807) is 23.1 Å². The topological polar surface area (TPSA) is 20.3 Å². The van der Waals surface area contributed by atoms with Crippen LogP contribution in [0.3, 0.4) is 0 Å². The molecule has 0 unspecified atom stereocenters. The van der Waals surface area contributed by atoms with Crippen molar-refractivity contribution >= 4 is 28.8 Å². The summed E-state index contributed by atoms with van der Waals surface area (Å²) in [6, 6.07) is 17.5. The second kappa shape index (κ2) is 8.32. The van der Waals surface area contributed by atoms with Crippen LogP contribution in [-0.2, 0) is 17.3 Å². The second-order valence-corrected chi connectivity index (χ2v) is 9.15. The van der Waals surface area contributed by atoms with Crippen molar-refractivity contribution in [3.05, 3.63) is 104 Å². The van der Waals surface area contributed by atoms with Crippen LogP contribution >= 0.6 is 22.9 Å². The summed E-state index contributed by atoms with van der Waals surface area (Å²) in [4.78, 5) is 15.4. The minimum absolute atomic E-state index is 0.0364. The molecule has 4 rings (SSSR count). The van der Waals surface area contributed by atoms with Crippen molar-refractivity contribution in [2.45, 2.75) is 25.3 Å². The van der Waals surface area contributed by atoms with Crippen LogP contribution in [0.4, 0.5) is 8.78 Å². The molecular formula is C24H20ClF2NOS. The number of hydrogen-bond acceptors (Lipinski definition) is 2. The van der Waals surface area contributed by atoms with Crippen LogP contribution in [0.2, 0.25) is 4.34 Å². The van der Waals surface area contributed by atoms with E-state index in [9.17, 15) is 13.6 Å². The highest BCUT2D eigenvalue weighted by atomic mass is 35.5. The molecule has 154 valence electrons. The molecule has 0 radical (unpaired) electrons. The molecule has 0 saturated heterocycles. The third-order valence-corrected chi connectivity index (χ3v) is 6.66. The van der Waals surface area contributed by atoms with E-state index in [1.165, 1.54) is 23.5 Å². The van der Waals surface area contributed by atoms with E-state index in [2.05, 4.69) is 0 Å². The van der Waals surface area contributed by atoms with Gasteiger partial charge in [-0.1, -0.05) is 66.2 Å². The van der Waals surface area contributed by atoms with Crippen LogP contribution < -0.4 is 0 Å². The number of nitrogens with zero attached hydrogens (tertiary/aromatic N) is 1. The van der Waals surface area contributed by atoms with E-state index in [0.29, 0.717) is 23.5 Å². The Bertz CT molecular complexity index is 1090. The molecule has 0 aliphatic carbocycles. The molecule has 0 fully saturated rings. The van der Waals surface area contributed by atoms with E-state index < -0.39 is 11.8 Å². The zero-order valence-corrected chi connectivity index (χ0v) is 17.9. The third-order valence-electron chi connectivity index (χ3n) is 5.39. The summed E-state index contributed by atoms with van der Waals surface area (Å²) in [5.41, 5.74) is 3.21. The fourth-order valence-corrected chi connectivity index (χ4v) is 5.19. The highest BCUT2D eigenvalue weighted by molar-refractivity contribution is 7.16. The molecule has 0 bridgehead atoms. The molecule has 2 aromatic carbocycles. The van der Waals surface area contributed by atoms with Gasteiger partial charge in [0.15, 0.2) is 0 Å². The van der Waals surface area contributed by atoms with Crippen molar-refractivity contribution in [2.24, 2.45) is 0 Å². The number of fused-ring (bicyclic) bond motifs is 1. The molecule has 1 atom stereocenters. The highest BCUT2D eigenvalue weighted by Crippen LogP contribution is 2.41. The monoisotopic (exact) mass is 443 g/mol. The number of thiophene rings is 1. The lowest BCUT2D eigenvalue weighted by molar-refractivity contribution is -0.127. The molecule has 1 aliphatic rings. The number of carbonyl (C=O) groups excluding carboxylic acids is 1. The zero-order chi connectivity index (χ0) is 21.3. The zero-order valence-electron chi connectivity index (χ0n) is 16.3. The molecule has 2 heterocycles. The van der Waals surface area contributed by atoms with Crippen LogP contribution in [0.25, 0.3) is 0 Å². The van der Waals surface area contributed by atoms with Crippen molar-refractivity contribution in [1.29, 1.82) is 0 Å². The SMILES string of the molecule is Cc1ccccc1[C@H]1CN(C(=O)/C=C/C(F)(F)c2ccccc2)Cc2sc(Cl)cc21. The Morgan fingerprint density at radius 3 is 2.57 bits per heavy atom. The van der Waals surface area contributed by atoms with Crippen LogP contribution in [0.15, 0.2) is 72.8 Å². The van der Waals surface area contributed by atoms with Gasteiger partial charge in [0.25, 0.3) is 5.92 Å². The van der Waals surface area contributed by atoms with E-state index in [1.807, 2.05) is 37.3 Å². The quantitative estimate of drug-likeness (QED) is 0.419. The summed E-state index contributed by atoms with van der Waals surface area (Å²) in [6.45, 7) is 2.82. The van der Waals surface area contributed by atoms with Crippen LogP contribution in [0, 0.1) is 6.92 Å². The molecule has 3 aromatic rings. The third kappa shape index (κ3) is 4.18. The van der Waals surface area contributed by atoms with Gasteiger partial charge in [-0.05, 0) is 35.8 Å². The molecule has 0 saturated carbocycles. The summed E-state index contributed by atoms with van der Waals surface area (Å²) in [7, 11) is 0. The molecule has 1 aliphatic heterocycles. The number of aryl methyl sites for hydroxylation is 1. The summed E-state index contributed by atoms with van der Waals surface area (Å²) in [6.07, 6.45) is 1.67. The average molecular weight is 444 g/mol. The first-order chi connectivity index (χ1) is 14.3. The molecule has 1 amide bonds. The van der Waals surface area contributed by atoms with Gasteiger partial charge < -0.3 is 4.90 Å². The number of hydrogen-bond donors (Lipinski definition) is 0. The fraction of sp³-hybridized carbons (Fsp3) is 0.208. The highest BCUT2D eigenvalue weighted by Gasteiger charge is 2.32. The Balaban J connectivity index is 1.61. The number of halogens is 3. The van der Waals surface area contributed by atoms with Gasteiger partial charge in [0.2, 0.25) is 5.91 Å². The Morgan fingerprint density at radius 1 is 1.13 bits per heavy atom. The summed E-state index contributed by atoms with van der Waals surface area (Å²) in [5.74, 6) is -3.68. The van der Waals surface area contributed by atoms with Crippen molar-refractivity contribution in [1.82, 2.24) is 4.90 Å². The Morgan fingerprint density at radius 2 is 1.83 bits per heavy atom. The van der Waals surface area contributed by atoms with Gasteiger partial charge in [-0.3, -0.25) is 4.79 Å². The Hall–Kier alpha value is -2.50. The van der Waals surface area contributed by atoms with Gasteiger partial charge in [-0.2, -0.15) is 8.78 Å². The Labute approximate surface area is 183 Å². The fourth-order valence-electron chi connectivity index (χ4n) is 3.83. The first-order valence-corrected chi connectivity index (χ1v) is 10.8. The smallest absolute Gasteiger partial charge is 0.292 e. The van der Waals surface area contributed by atoms with E-state index in [4.69, 9.17) is 11.6 Å². The molecule has 0 N–H and O–H groups in total. The lowest BCUT2D eigenvalue weighted by Gasteiger charge is -2.33. The number of amides is 1. The summed E-state index contributed by atoms with van der Waals surface area (Å²) in [5, 5.41) is 0. The number of allylic oxidation sites excluding steroid dienone is 1. The maximum atomic E-state index is 14.4. The van der Waals surface area contributed by atoms with Gasteiger partial charge in [-0.15, -0.1) is 11.3 Å². The summed E-state index contributed by atoms with van der Waals surface area (Å²) < 4.78 is 29.6. The lowest BCUT2D eigenvalue weighted by atomic mass is 9.86. The van der Waals surface area contributed by atoms with Crippen molar-refractivity contribution < 1.29 is 13.6 Å². The van der Waals surface area contributed by atoms with Crippen LogP contribution in [0.5, 0.6) is 0 Å². The van der Waals surface area contributed by atoms with Gasteiger partial charge in [0, 0.05) is 29.0 Å². The lowest BCUT2D eigenvalue weighted by Crippen LogP contribution is -2.37. The summed E-state index contributed by atoms with van der Waals surface area (Å²) >= 11 is 7.70. The maximum absolute atomic E-state index is 14.4. The van der Waals surface area contributed by atoms with Gasteiger partial charge >= 0.3 is 0 Å². The van der Waals surface area contributed by atoms with Crippen molar-refractivity contribution in [2.75, 3.05) is 6.54 Å². The van der Waals surface area contributed by atoms with Crippen LogP contribution in [-0.4, -0.2) is 17.4 Å². The molecule has 0 spiro atoms. The number of benzene rings is 2. The number of rotatable bonds is 4. The number of alkyl halides is 2.